The Hall–Kier alpha value is -3.29. The molecule has 0 aliphatic carbocycles. The van der Waals surface area contributed by atoms with Gasteiger partial charge in [-0.3, -0.25) is 13.9 Å². The summed E-state index contributed by atoms with van der Waals surface area (Å²) in [5.74, 6) is 1.83. The fraction of sp³-hybridized carbons (Fsp3) is 0.316. The molecule has 0 atom stereocenters. The van der Waals surface area contributed by atoms with Crippen LogP contribution in [0.1, 0.15) is 25.2 Å². The number of aromatic amines is 1. The van der Waals surface area contributed by atoms with Crippen LogP contribution in [0.2, 0.25) is 0 Å². The van der Waals surface area contributed by atoms with Crippen LogP contribution in [0, 0.1) is 0 Å². The fourth-order valence-corrected chi connectivity index (χ4v) is 2.95. The molecule has 0 fully saturated rings. The Kier molecular flexibility index (Phi) is 5.16. The second-order valence-corrected chi connectivity index (χ2v) is 5.84. The molecule has 8 nitrogen and oxygen atoms in total. The third kappa shape index (κ3) is 3.25. The maximum Gasteiger partial charge on any atom is 0.332 e. The summed E-state index contributed by atoms with van der Waals surface area (Å²) in [4.78, 5) is 32.4. The molecule has 27 heavy (non-hydrogen) atoms. The number of aromatic nitrogens is 4. The zero-order valence-electron chi connectivity index (χ0n) is 15.8. The summed E-state index contributed by atoms with van der Waals surface area (Å²) in [7, 11) is 3.18. The molecule has 3 aromatic rings. The molecule has 0 aliphatic rings. The number of nitrogens with zero attached hydrogens (tertiary/aromatic N) is 3. The van der Waals surface area contributed by atoms with E-state index in [4.69, 9.17) is 9.47 Å². The molecule has 0 unspecified atom stereocenters. The van der Waals surface area contributed by atoms with Crippen LogP contribution >= 0.6 is 0 Å². The van der Waals surface area contributed by atoms with Crippen molar-refractivity contribution in [1.82, 2.24) is 19.1 Å². The van der Waals surface area contributed by atoms with Crippen LogP contribution in [0.15, 0.2) is 27.8 Å². The van der Waals surface area contributed by atoms with Gasteiger partial charge in [0.25, 0.3) is 5.56 Å². The lowest BCUT2D eigenvalue weighted by atomic mass is 10.1. The zero-order valence-corrected chi connectivity index (χ0v) is 15.8. The van der Waals surface area contributed by atoms with Crippen molar-refractivity contribution in [2.45, 2.75) is 26.9 Å². The summed E-state index contributed by atoms with van der Waals surface area (Å²) in [5, 5.41) is 0. The Morgan fingerprint density at radius 3 is 2.44 bits per heavy atom. The fourth-order valence-electron chi connectivity index (χ4n) is 2.95. The molecule has 0 spiro atoms. The van der Waals surface area contributed by atoms with Gasteiger partial charge in [0.05, 0.1) is 14.2 Å². The van der Waals surface area contributed by atoms with Crippen LogP contribution in [0.3, 0.4) is 0 Å². The van der Waals surface area contributed by atoms with Gasteiger partial charge in [-0.25, -0.2) is 9.78 Å². The van der Waals surface area contributed by atoms with Gasteiger partial charge in [0.2, 0.25) is 0 Å². The first kappa shape index (κ1) is 18.5. The van der Waals surface area contributed by atoms with E-state index in [1.54, 1.807) is 33.3 Å². The molecule has 2 heterocycles. The lowest BCUT2D eigenvalue weighted by Crippen LogP contribution is -2.39. The Bertz CT molecular complexity index is 1120. The van der Waals surface area contributed by atoms with Crippen molar-refractivity contribution < 1.29 is 9.47 Å². The standard InChI is InChI=1S/C19H22N4O4/c1-5-22-17-16(18(24)23(6-2)19(22)25)20-15(21-17)10-8-12-7-9-13(26-3)11-14(12)27-4/h7-11H,5-6H2,1-4H3,(H,20,21). The second-order valence-electron chi connectivity index (χ2n) is 5.84. The van der Waals surface area contributed by atoms with Crippen LogP contribution in [0.25, 0.3) is 23.3 Å². The molecular weight excluding hydrogens is 348 g/mol. The molecule has 3 rings (SSSR count). The van der Waals surface area contributed by atoms with E-state index in [2.05, 4.69) is 9.97 Å². The van der Waals surface area contributed by atoms with Crippen molar-refractivity contribution in [3.63, 3.8) is 0 Å². The van der Waals surface area contributed by atoms with E-state index < -0.39 is 0 Å². The number of rotatable bonds is 6. The monoisotopic (exact) mass is 370 g/mol. The third-order valence-electron chi connectivity index (χ3n) is 4.37. The Morgan fingerprint density at radius 2 is 1.81 bits per heavy atom. The van der Waals surface area contributed by atoms with E-state index in [1.807, 2.05) is 25.1 Å². The number of aryl methyl sites for hydroxylation is 1. The number of H-pyrrole nitrogens is 1. The number of methoxy groups -OCH3 is 2. The maximum absolute atomic E-state index is 12.5. The minimum Gasteiger partial charge on any atom is -0.497 e. The zero-order chi connectivity index (χ0) is 19.6. The van der Waals surface area contributed by atoms with Crippen LogP contribution in [-0.4, -0.2) is 33.3 Å². The first-order chi connectivity index (χ1) is 13.0. The molecular formula is C19H22N4O4. The smallest absolute Gasteiger partial charge is 0.332 e. The summed E-state index contributed by atoms with van der Waals surface area (Å²) in [6, 6.07) is 5.48. The van der Waals surface area contributed by atoms with E-state index >= 15 is 0 Å². The summed E-state index contributed by atoms with van der Waals surface area (Å²) in [5.41, 5.74) is 0.795. The minimum atomic E-state index is -0.364. The SMILES string of the molecule is CCn1c(=O)c2[nH]c(C=Cc3ccc(OC)cc3OC)nc2n(CC)c1=O. The Balaban J connectivity index is 2.09. The number of hydrogen-bond acceptors (Lipinski definition) is 5. The van der Waals surface area contributed by atoms with Crippen molar-refractivity contribution in [1.29, 1.82) is 0 Å². The van der Waals surface area contributed by atoms with Gasteiger partial charge in [-0.1, -0.05) is 0 Å². The quantitative estimate of drug-likeness (QED) is 0.718. The Labute approximate surface area is 155 Å². The third-order valence-corrected chi connectivity index (χ3v) is 4.37. The van der Waals surface area contributed by atoms with Gasteiger partial charge < -0.3 is 14.5 Å². The van der Waals surface area contributed by atoms with E-state index in [9.17, 15) is 9.59 Å². The summed E-state index contributed by atoms with van der Waals surface area (Å²) >= 11 is 0. The number of nitrogens with one attached hydrogen (secondary N) is 1. The van der Waals surface area contributed by atoms with Gasteiger partial charge in [0.15, 0.2) is 5.65 Å². The lowest BCUT2D eigenvalue weighted by molar-refractivity contribution is 0.394. The van der Waals surface area contributed by atoms with Crippen LogP contribution < -0.4 is 20.7 Å². The lowest BCUT2D eigenvalue weighted by Gasteiger charge is -2.07. The van der Waals surface area contributed by atoms with E-state index in [0.717, 1.165) is 5.56 Å². The van der Waals surface area contributed by atoms with E-state index in [1.165, 1.54) is 9.13 Å². The molecule has 0 aliphatic heterocycles. The highest BCUT2D eigenvalue weighted by Crippen LogP contribution is 2.26. The molecule has 1 N–H and O–H groups in total. The number of ether oxygens (including phenoxy) is 2. The minimum absolute atomic E-state index is 0.306. The first-order valence-electron chi connectivity index (χ1n) is 8.67. The van der Waals surface area contributed by atoms with Crippen LogP contribution in [0.4, 0.5) is 0 Å². The van der Waals surface area contributed by atoms with Crippen molar-refractivity contribution in [2.75, 3.05) is 14.2 Å². The van der Waals surface area contributed by atoms with Crippen molar-refractivity contribution >= 4 is 23.3 Å². The summed E-state index contributed by atoms with van der Waals surface area (Å²) < 4.78 is 13.3. The van der Waals surface area contributed by atoms with Gasteiger partial charge in [-0.05, 0) is 38.1 Å². The second kappa shape index (κ2) is 7.53. The van der Waals surface area contributed by atoms with Crippen LogP contribution in [0.5, 0.6) is 11.5 Å². The summed E-state index contributed by atoms with van der Waals surface area (Å²) in [6.07, 6.45) is 3.56. The molecule has 0 radical (unpaired) electrons. The number of benzene rings is 1. The topological polar surface area (TPSA) is 91.1 Å². The molecule has 0 saturated carbocycles. The normalized spacial score (nSPS) is 11.4. The average molecular weight is 370 g/mol. The predicted octanol–water partition coefficient (Wildman–Crippen LogP) is 2.11. The average Bonchev–Trinajstić information content (AvgIpc) is 3.11. The van der Waals surface area contributed by atoms with Crippen molar-refractivity contribution in [2.24, 2.45) is 0 Å². The van der Waals surface area contributed by atoms with Gasteiger partial charge >= 0.3 is 5.69 Å². The molecule has 0 amide bonds. The van der Waals surface area contributed by atoms with E-state index in [0.29, 0.717) is 41.6 Å². The van der Waals surface area contributed by atoms with Gasteiger partial charge in [-0.15, -0.1) is 0 Å². The molecule has 1 aromatic carbocycles. The van der Waals surface area contributed by atoms with E-state index in [-0.39, 0.29) is 11.2 Å². The molecule has 142 valence electrons. The van der Waals surface area contributed by atoms with Gasteiger partial charge in [0, 0.05) is 24.7 Å². The highest BCUT2D eigenvalue weighted by Gasteiger charge is 2.15. The largest absolute Gasteiger partial charge is 0.497 e. The molecule has 8 heteroatoms. The molecule has 0 bridgehead atoms. The van der Waals surface area contributed by atoms with Crippen molar-refractivity contribution in [3.05, 3.63) is 50.4 Å². The first-order valence-corrected chi connectivity index (χ1v) is 8.67. The highest BCUT2D eigenvalue weighted by atomic mass is 16.5. The Morgan fingerprint density at radius 1 is 1.07 bits per heavy atom. The molecule has 2 aromatic heterocycles. The van der Waals surface area contributed by atoms with Crippen LogP contribution in [-0.2, 0) is 13.1 Å². The highest BCUT2D eigenvalue weighted by molar-refractivity contribution is 5.76. The number of imidazole rings is 1. The maximum atomic E-state index is 12.5. The molecule has 0 saturated heterocycles. The van der Waals surface area contributed by atoms with Gasteiger partial charge in [0.1, 0.15) is 22.8 Å². The van der Waals surface area contributed by atoms with Crippen molar-refractivity contribution in [3.8, 4) is 11.5 Å². The summed E-state index contributed by atoms with van der Waals surface area (Å²) in [6.45, 7) is 4.34. The predicted molar refractivity (Wildman–Crippen MR) is 104 cm³/mol. The number of fused-ring (bicyclic) bond motifs is 1. The number of hydrogen-bond donors (Lipinski definition) is 1. The van der Waals surface area contributed by atoms with Gasteiger partial charge in [-0.2, -0.15) is 0 Å².